The van der Waals surface area contributed by atoms with Crippen LogP contribution in [0.3, 0.4) is 0 Å². The first-order valence-electron chi connectivity index (χ1n) is 4.43. The van der Waals surface area contributed by atoms with Crippen molar-refractivity contribution in [1.82, 2.24) is 0 Å². The fraction of sp³-hybridized carbons (Fsp3) is 0.300. The van der Waals surface area contributed by atoms with Crippen molar-refractivity contribution in [3.63, 3.8) is 0 Å². The summed E-state index contributed by atoms with van der Waals surface area (Å²) in [5.41, 5.74) is 7.84. The molecule has 0 amide bonds. The number of anilines is 2. The molecule has 1 heterocycles. The number of benzene rings is 1. The van der Waals surface area contributed by atoms with Gasteiger partial charge in [-0.25, -0.2) is 0 Å². The summed E-state index contributed by atoms with van der Waals surface area (Å²) in [6.07, 6.45) is 0.531. The maximum Gasteiger partial charge on any atom is 0.166 e. The Labute approximate surface area is 87.4 Å². The number of carbonyl (C=O) groups is 1. The van der Waals surface area contributed by atoms with Gasteiger partial charge in [-0.15, -0.1) is 0 Å². The van der Waals surface area contributed by atoms with Crippen molar-refractivity contribution in [3.05, 3.63) is 22.7 Å². The van der Waals surface area contributed by atoms with Crippen LogP contribution in [0.4, 0.5) is 11.4 Å². The number of fused-ring (bicyclic) bond motifs is 1. The second-order valence-electron chi connectivity index (χ2n) is 3.49. The highest BCUT2D eigenvalue weighted by Gasteiger charge is 2.23. The summed E-state index contributed by atoms with van der Waals surface area (Å²) in [5.74, 6) is 0.118. The van der Waals surface area contributed by atoms with E-state index in [1.165, 1.54) is 0 Å². The monoisotopic (exact) mass is 210 g/mol. The van der Waals surface area contributed by atoms with E-state index in [0.717, 1.165) is 12.2 Å². The van der Waals surface area contributed by atoms with E-state index in [2.05, 4.69) is 0 Å². The molecule has 0 aromatic heterocycles. The van der Waals surface area contributed by atoms with Gasteiger partial charge in [0.05, 0.1) is 11.4 Å². The number of rotatable bonds is 0. The van der Waals surface area contributed by atoms with Crippen LogP contribution in [0.5, 0.6) is 0 Å². The van der Waals surface area contributed by atoms with Gasteiger partial charge in [0.25, 0.3) is 0 Å². The lowest BCUT2D eigenvalue weighted by Gasteiger charge is -2.28. The van der Waals surface area contributed by atoms with E-state index in [-0.39, 0.29) is 5.78 Å². The Kier molecular flexibility index (Phi) is 2.11. The Morgan fingerprint density at radius 3 is 2.93 bits per heavy atom. The number of hydrogen-bond donors (Lipinski definition) is 1. The number of hydrogen-bond acceptors (Lipinski definition) is 3. The minimum Gasteiger partial charge on any atom is -0.397 e. The van der Waals surface area contributed by atoms with E-state index in [9.17, 15) is 4.79 Å². The van der Waals surface area contributed by atoms with Gasteiger partial charge in [-0.2, -0.15) is 0 Å². The second kappa shape index (κ2) is 3.17. The lowest BCUT2D eigenvalue weighted by Crippen LogP contribution is -2.29. The molecule has 14 heavy (non-hydrogen) atoms. The fourth-order valence-corrected chi connectivity index (χ4v) is 2.00. The Bertz CT molecular complexity index is 403. The third-order valence-electron chi connectivity index (χ3n) is 2.46. The predicted octanol–water partition coefficient (Wildman–Crippen LogP) is 1.94. The molecule has 0 fully saturated rings. The lowest BCUT2D eigenvalue weighted by atomic mass is 10.00. The number of halogens is 1. The van der Waals surface area contributed by atoms with E-state index >= 15 is 0 Å². The van der Waals surface area contributed by atoms with Crippen molar-refractivity contribution in [2.24, 2.45) is 0 Å². The van der Waals surface area contributed by atoms with E-state index in [4.69, 9.17) is 17.3 Å². The van der Waals surface area contributed by atoms with Crippen molar-refractivity contribution >= 4 is 28.8 Å². The maximum atomic E-state index is 11.6. The molecule has 0 saturated carbocycles. The van der Waals surface area contributed by atoms with Crippen molar-refractivity contribution < 1.29 is 4.79 Å². The number of nitrogens with zero attached hydrogens (tertiary/aromatic N) is 1. The summed E-state index contributed by atoms with van der Waals surface area (Å²) < 4.78 is 0. The molecular formula is C10H11ClN2O. The molecule has 0 saturated heterocycles. The summed E-state index contributed by atoms with van der Waals surface area (Å²) in [6, 6.07) is 3.36. The number of nitrogen functional groups attached to an aromatic ring is 1. The fourth-order valence-electron chi connectivity index (χ4n) is 1.77. The topological polar surface area (TPSA) is 46.3 Å². The average molecular weight is 211 g/mol. The molecule has 0 radical (unpaired) electrons. The molecule has 3 nitrogen and oxygen atoms in total. The van der Waals surface area contributed by atoms with Crippen molar-refractivity contribution in [2.75, 3.05) is 24.2 Å². The standard InChI is InChI=1S/C10H11ClN2O/c1-13-3-2-9(14)7-4-6(11)5-8(12)10(7)13/h4-5H,2-3,12H2,1H3. The van der Waals surface area contributed by atoms with E-state index < -0.39 is 0 Å². The minimum absolute atomic E-state index is 0.118. The summed E-state index contributed by atoms with van der Waals surface area (Å²) in [5, 5.41) is 0.518. The van der Waals surface area contributed by atoms with Gasteiger partial charge in [-0.05, 0) is 12.1 Å². The van der Waals surface area contributed by atoms with E-state index in [0.29, 0.717) is 22.7 Å². The smallest absolute Gasteiger partial charge is 0.166 e. The molecule has 0 spiro atoms. The molecule has 1 aliphatic heterocycles. The van der Waals surface area contributed by atoms with Gasteiger partial charge >= 0.3 is 0 Å². The Hall–Kier alpha value is -1.22. The van der Waals surface area contributed by atoms with Gasteiger partial charge in [0.15, 0.2) is 5.78 Å². The SMILES string of the molecule is CN1CCC(=O)c2cc(Cl)cc(N)c21. The summed E-state index contributed by atoms with van der Waals surface area (Å²) in [6.45, 7) is 0.720. The van der Waals surface area contributed by atoms with E-state index in [1.54, 1.807) is 12.1 Å². The maximum absolute atomic E-state index is 11.6. The first-order valence-corrected chi connectivity index (χ1v) is 4.81. The molecule has 4 heteroatoms. The van der Waals surface area contributed by atoms with Crippen LogP contribution in [-0.2, 0) is 0 Å². The molecule has 1 aromatic rings. The summed E-state index contributed by atoms with van der Waals surface area (Å²) in [7, 11) is 1.93. The largest absolute Gasteiger partial charge is 0.397 e. The van der Waals surface area contributed by atoms with Crippen LogP contribution in [0.15, 0.2) is 12.1 Å². The quantitative estimate of drug-likeness (QED) is 0.666. The molecule has 2 rings (SSSR count). The molecular weight excluding hydrogens is 200 g/mol. The van der Waals surface area contributed by atoms with Gasteiger partial charge in [0, 0.05) is 30.6 Å². The van der Waals surface area contributed by atoms with Gasteiger partial charge < -0.3 is 10.6 Å². The van der Waals surface area contributed by atoms with Crippen LogP contribution in [0, 0.1) is 0 Å². The number of Topliss-reactive ketones (excluding diaryl/α,β-unsaturated/α-hetero) is 1. The van der Waals surface area contributed by atoms with Crippen LogP contribution < -0.4 is 10.6 Å². The lowest BCUT2D eigenvalue weighted by molar-refractivity contribution is 0.0980. The van der Waals surface area contributed by atoms with Crippen molar-refractivity contribution in [3.8, 4) is 0 Å². The Morgan fingerprint density at radius 1 is 1.50 bits per heavy atom. The van der Waals surface area contributed by atoms with Crippen molar-refractivity contribution in [2.45, 2.75) is 6.42 Å². The third kappa shape index (κ3) is 1.34. The zero-order valence-corrected chi connectivity index (χ0v) is 8.64. The Morgan fingerprint density at radius 2 is 2.21 bits per heavy atom. The number of carbonyl (C=O) groups excluding carboxylic acids is 1. The molecule has 0 unspecified atom stereocenters. The van der Waals surface area contributed by atoms with Crippen LogP contribution in [0.1, 0.15) is 16.8 Å². The van der Waals surface area contributed by atoms with Gasteiger partial charge in [0.1, 0.15) is 0 Å². The molecule has 2 N–H and O–H groups in total. The number of nitrogens with two attached hydrogens (primary N) is 1. The van der Waals surface area contributed by atoms with E-state index in [1.807, 2.05) is 11.9 Å². The Balaban J connectivity index is 2.66. The highest BCUT2D eigenvalue weighted by atomic mass is 35.5. The van der Waals surface area contributed by atoms with Crippen LogP contribution in [-0.4, -0.2) is 19.4 Å². The zero-order valence-electron chi connectivity index (χ0n) is 7.88. The highest BCUT2D eigenvalue weighted by Crippen LogP contribution is 2.34. The zero-order chi connectivity index (χ0) is 10.3. The molecule has 1 aromatic carbocycles. The van der Waals surface area contributed by atoms with Crippen LogP contribution in [0.25, 0.3) is 0 Å². The molecule has 74 valence electrons. The third-order valence-corrected chi connectivity index (χ3v) is 2.68. The first kappa shape index (κ1) is 9.34. The van der Waals surface area contributed by atoms with Crippen LogP contribution in [0.2, 0.25) is 5.02 Å². The average Bonchev–Trinajstić information content (AvgIpc) is 2.10. The van der Waals surface area contributed by atoms with Crippen LogP contribution >= 0.6 is 11.6 Å². The van der Waals surface area contributed by atoms with Gasteiger partial charge in [0.2, 0.25) is 0 Å². The second-order valence-corrected chi connectivity index (χ2v) is 3.92. The highest BCUT2D eigenvalue weighted by molar-refractivity contribution is 6.31. The van der Waals surface area contributed by atoms with Gasteiger partial charge in [-0.1, -0.05) is 11.6 Å². The predicted molar refractivity (Wildman–Crippen MR) is 58.1 cm³/mol. The normalized spacial score (nSPS) is 15.6. The molecule has 1 aliphatic rings. The minimum atomic E-state index is 0.118. The van der Waals surface area contributed by atoms with Crippen molar-refractivity contribution in [1.29, 1.82) is 0 Å². The summed E-state index contributed by atoms with van der Waals surface area (Å²) >= 11 is 5.84. The number of ketones is 1. The first-order chi connectivity index (χ1) is 6.59. The molecule has 0 atom stereocenters. The summed E-state index contributed by atoms with van der Waals surface area (Å²) in [4.78, 5) is 13.6. The molecule has 0 aliphatic carbocycles. The molecule has 0 bridgehead atoms. The van der Waals surface area contributed by atoms with Gasteiger partial charge in [-0.3, -0.25) is 4.79 Å².